The van der Waals surface area contributed by atoms with E-state index in [4.69, 9.17) is 30.2 Å². The Kier molecular flexibility index (Phi) is 9.60. The lowest BCUT2D eigenvalue weighted by molar-refractivity contribution is -0.0662. The molecule has 3 heterocycles. The van der Waals surface area contributed by atoms with Crippen molar-refractivity contribution in [2.75, 3.05) is 11.9 Å². The number of fused-ring (bicyclic) bond motifs is 1. The highest BCUT2D eigenvalue weighted by atomic mass is 35.5. The number of nitrogens with one attached hydrogen (secondary N) is 1. The third kappa shape index (κ3) is 7.10. The van der Waals surface area contributed by atoms with Crippen LogP contribution in [0.5, 0.6) is 0 Å². The van der Waals surface area contributed by atoms with Crippen molar-refractivity contribution in [3.8, 4) is 0 Å². The summed E-state index contributed by atoms with van der Waals surface area (Å²) in [7, 11) is -3.10. The minimum atomic E-state index is -3.10. The van der Waals surface area contributed by atoms with Crippen molar-refractivity contribution < 1.29 is 37.7 Å². The topological polar surface area (TPSA) is 147 Å². The molecular weight excluding hydrogens is 649 g/mol. The summed E-state index contributed by atoms with van der Waals surface area (Å²) in [6.45, 7) is 11.2. The molecule has 0 bridgehead atoms. The molecule has 15 heteroatoms. The van der Waals surface area contributed by atoms with E-state index in [-0.39, 0.29) is 28.9 Å². The predicted molar refractivity (Wildman–Crippen MR) is 175 cm³/mol. The first-order valence-electron chi connectivity index (χ1n) is 14.9. The molecule has 0 spiro atoms. The molecular formula is C32H37ClFN5O7Si. The fourth-order valence-corrected chi connectivity index (χ4v) is 10.5. The van der Waals surface area contributed by atoms with Gasteiger partial charge < -0.3 is 23.7 Å². The molecule has 47 heavy (non-hydrogen) atoms. The van der Waals surface area contributed by atoms with Gasteiger partial charge in [-0.05, 0) is 47.8 Å². The smallest absolute Gasteiger partial charge is 0.465 e. The highest BCUT2D eigenvalue weighted by molar-refractivity contribution is 6.99. The molecule has 1 fully saturated rings. The van der Waals surface area contributed by atoms with Gasteiger partial charge in [0.15, 0.2) is 35.5 Å². The van der Waals surface area contributed by atoms with Crippen LogP contribution in [-0.2, 0) is 18.6 Å². The molecule has 1 aliphatic rings. The molecule has 1 amide bonds. The standard InChI is InChI=1S/C32H37ClFN5O7Si/c1-31(2,3)46-30(42)45-24-21(17-43-47(32(4,5)6,19-13-9-7-10-14-19)20-15-11-8-12-16-20)44-27(22(24)34)39-18-35-23-25(37-29(40)41)36-28(33)38-26(23)39/h7-16,18,21-22,24,27H,17H2,1-6H3,(H,40,41)(H,36,37,38)/t21-,22+,24-,27-/m1/s1. The zero-order valence-electron chi connectivity index (χ0n) is 26.8. The van der Waals surface area contributed by atoms with Crippen LogP contribution in [0.3, 0.4) is 0 Å². The number of benzene rings is 2. The van der Waals surface area contributed by atoms with E-state index in [1.54, 1.807) is 20.8 Å². The van der Waals surface area contributed by atoms with Crippen molar-refractivity contribution >= 4 is 59.5 Å². The molecule has 250 valence electrons. The average Bonchev–Trinajstić information content (AvgIpc) is 3.53. The normalized spacial score (nSPS) is 20.3. The third-order valence-electron chi connectivity index (χ3n) is 7.66. The molecule has 0 saturated carbocycles. The number of aromatic nitrogens is 4. The Balaban J connectivity index is 1.55. The van der Waals surface area contributed by atoms with Crippen LogP contribution in [0.2, 0.25) is 10.3 Å². The molecule has 1 aliphatic heterocycles. The lowest BCUT2D eigenvalue weighted by atomic mass is 10.1. The summed E-state index contributed by atoms with van der Waals surface area (Å²) in [5, 5.41) is 12.7. The van der Waals surface area contributed by atoms with Crippen molar-refractivity contribution in [2.24, 2.45) is 0 Å². The van der Waals surface area contributed by atoms with Crippen molar-refractivity contribution in [2.45, 2.75) is 76.8 Å². The van der Waals surface area contributed by atoms with Gasteiger partial charge in [-0.1, -0.05) is 81.4 Å². The molecule has 0 radical (unpaired) electrons. The van der Waals surface area contributed by atoms with E-state index in [1.165, 1.54) is 10.9 Å². The van der Waals surface area contributed by atoms with Gasteiger partial charge in [-0.15, -0.1) is 0 Å². The van der Waals surface area contributed by atoms with Gasteiger partial charge in [0.2, 0.25) is 5.28 Å². The second-order valence-electron chi connectivity index (χ2n) is 13.1. The molecule has 5 rings (SSSR count). The highest BCUT2D eigenvalue weighted by Gasteiger charge is 2.54. The maximum absolute atomic E-state index is 16.6. The Morgan fingerprint density at radius 1 is 1.02 bits per heavy atom. The molecule has 2 aromatic carbocycles. The molecule has 12 nitrogen and oxygen atoms in total. The maximum Gasteiger partial charge on any atom is 0.509 e. The van der Waals surface area contributed by atoms with E-state index in [1.807, 2.05) is 60.7 Å². The zero-order valence-corrected chi connectivity index (χ0v) is 28.6. The van der Waals surface area contributed by atoms with E-state index in [9.17, 15) is 14.7 Å². The van der Waals surface area contributed by atoms with E-state index in [0.29, 0.717) is 0 Å². The first kappa shape index (κ1) is 34.2. The lowest BCUT2D eigenvalue weighted by Gasteiger charge is -2.43. The fraction of sp³-hybridized carbons (Fsp3) is 0.406. The number of anilines is 1. The van der Waals surface area contributed by atoms with E-state index < -0.39 is 55.8 Å². The van der Waals surface area contributed by atoms with Crippen LogP contribution in [0.25, 0.3) is 11.2 Å². The van der Waals surface area contributed by atoms with Crippen molar-refractivity contribution in [1.29, 1.82) is 0 Å². The minimum Gasteiger partial charge on any atom is -0.465 e. The number of carbonyl (C=O) groups excluding carboxylic acids is 1. The van der Waals surface area contributed by atoms with Gasteiger partial charge in [0.25, 0.3) is 8.32 Å². The SMILES string of the molecule is CC(C)(C)OC(=O)O[C@H]1[C@H](F)[C@H](n2cnc3c(NC(=O)O)nc(Cl)nc32)O[C@@H]1CO[Si](c1ccccc1)(c1ccccc1)C(C)(C)C. The summed E-state index contributed by atoms with van der Waals surface area (Å²) in [6.07, 6.45) is -7.16. The number of carbonyl (C=O) groups is 2. The highest BCUT2D eigenvalue weighted by Crippen LogP contribution is 2.40. The number of halogens is 2. The first-order valence-corrected chi connectivity index (χ1v) is 17.2. The van der Waals surface area contributed by atoms with Gasteiger partial charge in [-0.2, -0.15) is 9.97 Å². The number of hydrogen-bond donors (Lipinski definition) is 2. The number of nitrogens with zero attached hydrogens (tertiary/aromatic N) is 4. The molecule has 0 aliphatic carbocycles. The maximum atomic E-state index is 16.6. The van der Waals surface area contributed by atoms with Crippen LogP contribution in [-0.4, -0.2) is 75.8 Å². The van der Waals surface area contributed by atoms with Crippen LogP contribution in [0.1, 0.15) is 47.8 Å². The van der Waals surface area contributed by atoms with Crippen LogP contribution < -0.4 is 15.7 Å². The molecule has 4 aromatic rings. The summed E-state index contributed by atoms with van der Waals surface area (Å²) in [6, 6.07) is 19.8. The fourth-order valence-electron chi connectivity index (χ4n) is 5.81. The average molecular weight is 686 g/mol. The monoisotopic (exact) mass is 685 g/mol. The van der Waals surface area contributed by atoms with Crippen LogP contribution in [0.4, 0.5) is 19.8 Å². The Bertz CT molecular complexity index is 1690. The van der Waals surface area contributed by atoms with Crippen LogP contribution in [0.15, 0.2) is 67.0 Å². The number of imidazole rings is 1. The number of amides is 1. The minimum absolute atomic E-state index is 0.00553. The second kappa shape index (κ2) is 13.2. The van der Waals surface area contributed by atoms with E-state index in [0.717, 1.165) is 10.4 Å². The molecule has 0 unspecified atom stereocenters. The lowest BCUT2D eigenvalue weighted by Crippen LogP contribution is -2.67. The molecule has 4 atom stereocenters. The van der Waals surface area contributed by atoms with Crippen molar-refractivity contribution in [1.82, 2.24) is 19.5 Å². The predicted octanol–water partition coefficient (Wildman–Crippen LogP) is 5.70. The summed E-state index contributed by atoms with van der Waals surface area (Å²) < 4.78 is 42.1. The van der Waals surface area contributed by atoms with Gasteiger partial charge in [0.1, 0.15) is 11.7 Å². The van der Waals surface area contributed by atoms with Gasteiger partial charge in [0, 0.05) is 0 Å². The largest absolute Gasteiger partial charge is 0.509 e. The number of alkyl halides is 1. The summed E-state index contributed by atoms with van der Waals surface area (Å²) in [5.41, 5.74) is -0.875. The number of ether oxygens (including phenoxy) is 3. The summed E-state index contributed by atoms with van der Waals surface area (Å²) in [5.74, 6) is -0.187. The second-order valence-corrected chi connectivity index (χ2v) is 17.8. The number of hydrogen-bond acceptors (Lipinski definition) is 9. The molecule has 1 saturated heterocycles. The third-order valence-corrected chi connectivity index (χ3v) is 12.8. The van der Waals surface area contributed by atoms with Gasteiger partial charge >= 0.3 is 12.2 Å². The van der Waals surface area contributed by atoms with Crippen LogP contribution in [0, 0.1) is 0 Å². The summed E-state index contributed by atoms with van der Waals surface area (Å²) in [4.78, 5) is 36.5. The first-order chi connectivity index (χ1) is 22.1. The number of rotatable bonds is 8. The zero-order chi connectivity index (χ0) is 34.1. The van der Waals surface area contributed by atoms with Crippen molar-refractivity contribution in [3.63, 3.8) is 0 Å². The Morgan fingerprint density at radius 2 is 1.62 bits per heavy atom. The Labute approximate surface area is 277 Å². The molecule has 2 N–H and O–H groups in total. The quantitative estimate of drug-likeness (QED) is 0.134. The Morgan fingerprint density at radius 3 is 2.15 bits per heavy atom. The van der Waals surface area contributed by atoms with E-state index >= 15 is 4.39 Å². The van der Waals surface area contributed by atoms with Gasteiger partial charge in [-0.3, -0.25) is 9.88 Å². The Hall–Kier alpha value is -4.11. The van der Waals surface area contributed by atoms with E-state index in [2.05, 4.69) is 41.0 Å². The number of carboxylic acid groups (broad SMARTS) is 1. The summed E-state index contributed by atoms with van der Waals surface area (Å²) >= 11 is 6.09. The van der Waals surface area contributed by atoms with Gasteiger partial charge in [-0.25, -0.2) is 19.0 Å². The van der Waals surface area contributed by atoms with Crippen LogP contribution >= 0.6 is 11.6 Å². The molecule has 2 aromatic heterocycles. The van der Waals surface area contributed by atoms with Gasteiger partial charge in [0.05, 0.1) is 12.9 Å². The van der Waals surface area contributed by atoms with Crippen molar-refractivity contribution in [3.05, 3.63) is 72.3 Å².